The molecule has 2 N–H and O–H groups in total. The van der Waals surface area contributed by atoms with E-state index in [0.29, 0.717) is 11.4 Å². The smallest absolute Gasteiger partial charge is 0.262 e. The van der Waals surface area contributed by atoms with Crippen LogP contribution in [0.3, 0.4) is 0 Å². The standard InChI is InChI=1S/C24H33N3O2S/c1-17(2)22(26-23(28)21-7-5-13-30-21)24(29)25-14-19-8-10-20(11-9-19)16-27-12-4-6-18(3)15-27/h5,7-11,13,17-18,22H,4,6,12,14-16H2,1-3H3,(H,25,29)(H,26,28). The van der Waals surface area contributed by atoms with Gasteiger partial charge >= 0.3 is 0 Å². The topological polar surface area (TPSA) is 61.4 Å². The van der Waals surface area contributed by atoms with Gasteiger partial charge in [0.25, 0.3) is 5.91 Å². The lowest BCUT2D eigenvalue weighted by molar-refractivity contribution is -0.124. The van der Waals surface area contributed by atoms with Gasteiger partial charge in [0.2, 0.25) is 5.91 Å². The molecular formula is C24H33N3O2S. The van der Waals surface area contributed by atoms with E-state index in [2.05, 4.69) is 46.7 Å². The zero-order valence-corrected chi connectivity index (χ0v) is 19.0. The van der Waals surface area contributed by atoms with Gasteiger partial charge in [0.15, 0.2) is 0 Å². The van der Waals surface area contributed by atoms with Crippen LogP contribution in [0.5, 0.6) is 0 Å². The highest BCUT2D eigenvalue weighted by Crippen LogP contribution is 2.18. The van der Waals surface area contributed by atoms with E-state index in [4.69, 9.17) is 0 Å². The van der Waals surface area contributed by atoms with Crippen LogP contribution in [0, 0.1) is 11.8 Å². The van der Waals surface area contributed by atoms with Crippen molar-refractivity contribution >= 4 is 23.2 Å². The van der Waals surface area contributed by atoms with E-state index < -0.39 is 6.04 Å². The maximum absolute atomic E-state index is 12.7. The van der Waals surface area contributed by atoms with Crippen molar-refractivity contribution in [3.8, 4) is 0 Å². The minimum absolute atomic E-state index is 0.00298. The first kappa shape index (κ1) is 22.5. The van der Waals surface area contributed by atoms with Crippen LogP contribution in [0.4, 0.5) is 0 Å². The Morgan fingerprint density at radius 1 is 1.17 bits per heavy atom. The number of likely N-dealkylation sites (tertiary alicyclic amines) is 1. The SMILES string of the molecule is CC1CCCN(Cc2ccc(CNC(=O)C(NC(=O)c3cccs3)C(C)C)cc2)C1. The molecule has 0 bridgehead atoms. The van der Waals surface area contributed by atoms with Crippen LogP contribution < -0.4 is 10.6 Å². The summed E-state index contributed by atoms with van der Waals surface area (Å²) in [5, 5.41) is 7.70. The molecule has 0 aliphatic carbocycles. The van der Waals surface area contributed by atoms with E-state index in [1.807, 2.05) is 25.3 Å². The molecule has 3 rings (SSSR count). The number of nitrogens with zero attached hydrogens (tertiary/aromatic N) is 1. The number of benzene rings is 1. The van der Waals surface area contributed by atoms with Crippen molar-refractivity contribution < 1.29 is 9.59 Å². The third-order valence-corrected chi connectivity index (χ3v) is 6.49. The fraction of sp³-hybridized carbons (Fsp3) is 0.500. The predicted octanol–water partition coefficient (Wildman–Crippen LogP) is 4.05. The summed E-state index contributed by atoms with van der Waals surface area (Å²) in [6.45, 7) is 10.00. The number of rotatable bonds is 8. The molecule has 2 atom stereocenters. The van der Waals surface area contributed by atoms with E-state index in [1.54, 1.807) is 6.07 Å². The zero-order valence-electron chi connectivity index (χ0n) is 18.2. The Morgan fingerprint density at radius 2 is 1.90 bits per heavy atom. The first-order valence-corrected chi connectivity index (χ1v) is 11.7. The second-order valence-corrected chi connectivity index (χ2v) is 9.64. The minimum Gasteiger partial charge on any atom is -0.350 e. The molecule has 1 aromatic carbocycles. The van der Waals surface area contributed by atoms with Crippen LogP contribution in [-0.4, -0.2) is 35.8 Å². The highest BCUT2D eigenvalue weighted by atomic mass is 32.1. The van der Waals surface area contributed by atoms with E-state index in [-0.39, 0.29) is 17.7 Å². The summed E-state index contributed by atoms with van der Waals surface area (Å²) in [6.07, 6.45) is 2.62. The van der Waals surface area contributed by atoms with Crippen LogP contribution in [0.15, 0.2) is 41.8 Å². The highest BCUT2D eigenvalue weighted by Gasteiger charge is 2.24. The van der Waals surface area contributed by atoms with Crippen molar-refractivity contribution in [3.05, 3.63) is 57.8 Å². The van der Waals surface area contributed by atoms with E-state index in [1.165, 1.54) is 42.8 Å². The molecule has 0 saturated carbocycles. The van der Waals surface area contributed by atoms with E-state index in [0.717, 1.165) is 18.0 Å². The Bertz CT molecular complexity index is 817. The average Bonchev–Trinajstić information content (AvgIpc) is 3.26. The van der Waals surface area contributed by atoms with Crippen molar-refractivity contribution in [2.45, 2.75) is 52.7 Å². The van der Waals surface area contributed by atoms with E-state index >= 15 is 0 Å². The summed E-state index contributed by atoms with van der Waals surface area (Å²) in [4.78, 5) is 28.2. The molecule has 30 heavy (non-hydrogen) atoms. The number of nitrogens with one attached hydrogen (secondary N) is 2. The summed E-state index contributed by atoms with van der Waals surface area (Å²) in [6, 6.07) is 11.5. The van der Waals surface area contributed by atoms with Crippen LogP contribution in [0.2, 0.25) is 0 Å². The molecule has 2 heterocycles. The quantitative estimate of drug-likeness (QED) is 0.668. The molecular weight excluding hydrogens is 394 g/mol. The van der Waals surface area contributed by atoms with Gasteiger partial charge < -0.3 is 10.6 Å². The molecule has 5 nitrogen and oxygen atoms in total. The van der Waals surface area contributed by atoms with Gasteiger partial charge in [-0.2, -0.15) is 0 Å². The number of carbonyl (C=O) groups excluding carboxylic acids is 2. The maximum atomic E-state index is 12.7. The lowest BCUT2D eigenvalue weighted by Crippen LogP contribution is -2.49. The second kappa shape index (κ2) is 10.7. The monoisotopic (exact) mass is 427 g/mol. The van der Waals surface area contributed by atoms with Crippen molar-refractivity contribution in [2.24, 2.45) is 11.8 Å². The molecule has 6 heteroatoms. The molecule has 1 aromatic heterocycles. The van der Waals surface area contributed by atoms with E-state index in [9.17, 15) is 9.59 Å². The third-order valence-electron chi connectivity index (χ3n) is 5.62. The minimum atomic E-state index is -0.556. The first-order chi connectivity index (χ1) is 14.4. The maximum Gasteiger partial charge on any atom is 0.262 e. The highest BCUT2D eigenvalue weighted by molar-refractivity contribution is 7.12. The summed E-state index contributed by atoms with van der Waals surface area (Å²) in [5.74, 6) is 0.433. The lowest BCUT2D eigenvalue weighted by Gasteiger charge is -2.30. The summed E-state index contributed by atoms with van der Waals surface area (Å²) >= 11 is 1.37. The van der Waals surface area contributed by atoms with Crippen LogP contribution in [0.25, 0.3) is 0 Å². The van der Waals surface area contributed by atoms with Gasteiger partial charge in [-0.1, -0.05) is 51.1 Å². The second-order valence-electron chi connectivity index (χ2n) is 8.69. The van der Waals surface area contributed by atoms with Gasteiger partial charge in [0, 0.05) is 19.6 Å². The zero-order chi connectivity index (χ0) is 21.5. The van der Waals surface area contributed by atoms with Crippen molar-refractivity contribution in [2.75, 3.05) is 13.1 Å². The molecule has 1 saturated heterocycles. The fourth-order valence-corrected chi connectivity index (χ4v) is 4.53. The largest absolute Gasteiger partial charge is 0.350 e. The molecule has 1 aliphatic heterocycles. The Hall–Kier alpha value is -2.18. The molecule has 162 valence electrons. The molecule has 2 unspecified atom stereocenters. The summed E-state index contributed by atoms with van der Waals surface area (Å²) in [7, 11) is 0. The Morgan fingerprint density at radius 3 is 2.53 bits per heavy atom. The van der Waals surface area contributed by atoms with Gasteiger partial charge in [-0.25, -0.2) is 0 Å². The van der Waals surface area contributed by atoms with Gasteiger partial charge in [0.1, 0.15) is 6.04 Å². The molecule has 1 aliphatic rings. The number of carbonyl (C=O) groups is 2. The summed E-state index contributed by atoms with van der Waals surface area (Å²) in [5.41, 5.74) is 2.37. The molecule has 1 fully saturated rings. The Labute approximate surface area is 183 Å². The van der Waals surface area contributed by atoms with Crippen molar-refractivity contribution in [1.82, 2.24) is 15.5 Å². The van der Waals surface area contributed by atoms with Crippen LogP contribution in [-0.2, 0) is 17.9 Å². The Balaban J connectivity index is 1.50. The summed E-state index contributed by atoms with van der Waals surface area (Å²) < 4.78 is 0. The number of hydrogen-bond acceptors (Lipinski definition) is 4. The lowest BCUT2D eigenvalue weighted by atomic mass is 9.99. The van der Waals surface area contributed by atoms with Gasteiger partial charge in [-0.3, -0.25) is 14.5 Å². The van der Waals surface area contributed by atoms with Crippen molar-refractivity contribution in [1.29, 1.82) is 0 Å². The normalized spacial score (nSPS) is 18.2. The number of thiophene rings is 1. The predicted molar refractivity (Wildman–Crippen MR) is 122 cm³/mol. The van der Waals surface area contributed by atoms with Gasteiger partial charge in [-0.05, 0) is 53.8 Å². The average molecular weight is 428 g/mol. The Kier molecular flexibility index (Phi) is 8.05. The van der Waals surface area contributed by atoms with Crippen LogP contribution in [0.1, 0.15) is 54.4 Å². The number of hydrogen-bond donors (Lipinski definition) is 2. The first-order valence-electron chi connectivity index (χ1n) is 10.8. The van der Waals surface area contributed by atoms with Crippen molar-refractivity contribution in [3.63, 3.8) is 0 Å². The molecule has 2 amide bonds. The fourth-order valence-electron chi connectivity index (χ4n) is 3.91. The molecule has 0 radical (unpaired) electrons. The third kappa shape index (κ3) is 6.41. The number of piperidine rings is 1. The molecule has 0 spiro atoms. The van der Waals surface area contributed by atoms with Gasteiger partial charge in [-0.15, -0.1) is 11.3 Å². The van der Waals surface area contributed by atoms with Gasteiger partial charge in [0.05, 0.1) is 4.88 Å². The number of amides is 2. The molecule has 2 aromatic rings. The van der Waals surface area contributed by atoms with Crippen LogP contribution >= 0.6 is 11.3 Å².